The van der Waals surface area contributed by atoms with Crippen molar-refractivity contribution in [1.82, 2.24) is 0 Å². The van der Waals surface area contributed by atoms with Gasteiger partial charge >= 0.3 is 27.3 Å². The third kappa shape index (κ3) is 4.69. The molecule has 38 heavy (non-hydrogen) atoms. The fourth-order valence-electron chi connectivity index (χ4n) is 4.46. The Morgan fingerprint density at radius 2 is 0.421 bits per heavy atom. The second kappa shape index (κ2) is 10.7. The van der Waals surface area contributed by atoms with Crippen molar-refractivity contribution < 1.29 is 52.7 Å². The summed E-state index contributed by atoms with van der Waals surface area (Å²) in [5, 5.41) is 0. The van der Waals surface area contributed by atoms with Crippen molar-refractivity contribution >= 4 is 55.3 Å². The van der Waals surface area contributed by atoms with Crippen LogP contribution in [0, 0.1) is 69.8 Å². The van der Waals surface area contributed by atoms with Gasteiger partial charge in [-0.15, -0.1) is 0 Å². The van der Waals surface area contributed by atoms with Crippen LogP contribution in [0.2, 0.25) is 0 Å². The van der Waals surface area contributed by atoms with E-state index in [1.807, 2.05) is 0 Å². The molecule has 194 valence electrons. The Morgan fingerprint density at radius 3 is 0.553 bits per heavy atom. The van der Waals surface area contributed by atoms with Gasteiger partial charge in [-0.25, -0.2) is 52.7 Å². The molecule has 0 bridgehead atoms. The van der Waals surface area contributed by atoms with Gasteiger partial charge in [0.25, 0.3) is 0 Å². The first-order chi connectivity index (χ1) is 17.3. The predicted octanol–water partition coefficient (Wildman–Crippen LogP) is 4.35. The first-order valence-corrected chi connectivity index (χ1v) is 10.0. The van der Waals surface area contributed by atoms with Crippen LogP contribution in [0.5, 0.6) is 0 Å². The molecule has 0 atom stereocenters. The molecule has 14 heteroatoms. The summed E-state index contributed by atoms with van der Waals surface area (Å²) in [4.78, 5) is 0. The monoisotopic (exact) mass is 740 g/mol. The van der Waals surface area contributed by atoms with E-state index in [2.05, 4.69) is 0 Å². The summed E-state index contributed by atoms with van der Waals surface area (Å²) >= 11 is 0. The summed E-state index contributed by atoms with van der Waals surface area (Å²) in [5.41, 5.74) is -3.79. The van der Waals surface area contributed by atoms with Gasteiger partial charge in [0.05, 0.1) is 0 Å². The summed E-state index contributed by atoms with van der Waals surface area (Å²) in [5.74, 6) is -24.0. The third-order valence-corrected chi connectivity index (χ3v) is 6.02. The van der Waals surface area contributed by atoms with Gasteiger partial charge in [-0.2, -0.15) is 21.9 Å². The number of halogens is 12. The Kier molecular flexibility index (Phi) is 8.29. The van der Waals surface area contributed by atoms with Gasteiger partial charge in [0.2, 0.25) is 0 Å². The van der Waals surface area contributed by atoms with Gasteiger partial charge in [0, 0.05) is 0 Å². The first-order valence-electron chi connectivity index (χ1n) is 10.0. The van der Waals surface area contributed by atoms with Crippen molar-refractivity contribution in [2.24, 2.45) is 0 Å². The normalized spacial score (nSPS) is 11.5. The third-order valence-electron chi connectivity index (χ3n) is 6.02. The molecule has 0 unspecified atom stereocenters. The molecule has 0 spiro atoms. The molecule has 0 aliphatic rings. The molecule has 4 rings (SSSR count). The van der Waals surface area contributed by atoms with Crippen LogP contribution >= 0.6 is 0 Å². The van der Waals surface area contributed by atoms with Crippen molar-refractivity contribution in [3.63, 3.8) is 0 Å². The molecule has 0 saturated heterocycles. The zero-order valence-corrected chi connectivity index (χ0v) is 22.8. The summed E-state index contributed by atoms with van der Waals surface area (Å²) < 4.78 is 170. The molecule has 0 aliphatic carbocycles. The van der Waals surface area contributed by atoms with Crippen LogP contribution in [0.15, 0.2) is 48.5 Å². The van der Waals surface area contributed by atoms with E-state index in [0.717, 1.165) is 0 Å². The van der Waals surface area contributed by atoms with Crippen LogP contribution in [0.25, 0.3) is 0 Å². The minimum Gasteiger partial charge on any atom is -0.204 e. The Morgan fingerprint density at radius 1 is 0.289 bits per heavy atom. The molecule has 0 radical (unpaired) electrons. The van der Waals surface area contributed by atoms with E-state index >= 15 is 0 Å². The van der Waals surface area contributed by atoms with E-state index in [1.54, 1.807) is 0 Å². The number of hydrogen-bond donors (Lipinski definition) is 0. The van der Waals surface area contributed by atoms with Crippen LogP contribution in [0.4, 0.5) is 52.7 Å². The van der Waals surface area contributed by atoms with E-state index in [9.17, 15) is 52.7 Å². The van der Waals surface area contributed by atoms with E-state index in [4.69, 9.17) is 0 Å². The van der Waals surface area contributed by atoms with Crippen molar-refractivity contribution in [2.75, 3.05) is 0 Å². The number of benzene rings is 4. The maximum atomic E-state index is 14.4. The molecule has 0 saturated carbocycles. The maximum absolute atomic E-state index is 14.4. The van der Waals surface area contributed by atoms with Crippen LogP contribution in [-0.4, -0.2) is 33.4 Å². The molecule has 0 amide bonds. The molecule has 0 aromatic heterocycles. The first kappa shape index (κ1) is 29.6. The summed E-state index contributed by atoms with van der Waals surface area (Å²) in [7, 11) is 0. The van der Waals surface area contributed by atoms with E-state index in [1.165, 1.54) is 0 Å². The largest absolute Gasteiger partial charge is 1.00 e. The van der Waals surface area contributed by atoms with E-state index in [0.29, 0.717) is 0 Å². The van der Waals surface area contributed by atoms with Crippen molar-refractivity contribution in [1.29, 1.82) is 0 Å². The number of rotatable bonds is 4. The fraction of sp³-hybridized carbons (Fsp3) is 0. The molecule has 4 aromatic rings. The fourth-order valence-corrected chi connectivity index (χ4v) is 4.46. The second-order valence-electron chi connectivity index (χ2n) is 8.06. The maximum Gasteiger partial charge on any atom is 1.00 e. The van der Waals surface area contributed by atoms with Crippen LogP contribution in [0.1, 0.15) is 0 Å². The molecule has 0 nitrogen and oxygen atoms in total. The Labute approximate surface area is 226 Å². The minimum atomic E-state index is -4.01. The topological polar surface area (TPSA) is 0 Å². The average Bonchev–Trinajstić information content (AvgIpc) is 2.83. The molecule has 0 N–H and O–H groups in total. The zero-order chi connectivity index (χ0) is 27.4. The van der Waals surface area contributed by atoms with E-state index < -0.39 is 97.8 Å². The van der Waals surface area contributed by atoms with Gasteiger partial charge in [-0.05, 0) is 0 Å². The van der Waals surface area contributed by atoms with Gasteiger partial charge in [-0.3, -0.25) is 0 Å². The number of hydrogen-bond acceptors (Lipinski definition) is 0. The second-order valence-corrected chi connectivity index (χ2v) is 8.06. The van der Waals surface area contributed by atoms with Crippen molar-refractivity contribution in [3.8, 4) is 0 Å². The average molecular weight is 739 g/mol. The van der Waals surface area contributed by atoms with E-state index in [-0.39, 0.29) is 75.8 Å². The van der Waals surface area contributed by atoms with Gasteiger partial charge in [-0.1, -0.05) is 48.5 Å². The van der Waals surface area contributed by atoms with Gasteiger partial charge in [0.15, 0.2) is 69.8 Å². The summed E-state index contributed by atoms with van der Waals surface area (Å²) in [6.45, 7) is 0. The Hall–Kier alpha value is -2.97. The van der Waals surface area contributed by atoms with Gasteiger partial charge in [0.1, 0.15) is 6.15 Å². The molecular formula is C24H8BF12Tl. The predicted molar refractivity (Wildman–Crippen MR) is 115 cm³/mol. The Balaban J connectivity index is 0.00000400. The Bertz CT molecular complexity index is 1240. The van der Waals surface area contributed by atoms with Gasteiger partial charge < -0.3 is 0 Å². The molecular weight excluding hydrogens is 731 g/mol. The molecule has 0 fully saturated rings. The van der Waals surface area contributed by atoms with Crippen LogP contribution in [-0.2, 0) is 0 Å². The summed E-state index contributed by atoms with van der Waals surface area (Å²) in [6, 6.07) is 1.41. The van der Waals surface area contributed by atoms with Crippen molar-refractivity contribution in [2.45, 2.75) is 0 Å². The smallest absolute Gasteiger partial charge is 0.204 e. The molecule has 0 aliphatic heterocycles. The van der Waals surface area contributed by atoms with Crippen LogP contribution < -0.4 is 21.9 Å². The quantitative estimate of drug-likeness (QED) is 0.166. The molecule has 0 heterocycles. The summed E-state index contributed by atoms with van der Waals surface area (Å²) in [6.07, 6.45) is -4.01. The van der Waals surface area contributed by atoms with Crippen molar-refractivity contribution in [3.05, 3.63) is 118 Å². The minimum absolute atomic E-state index is 0. The molecule has 4 aromatic carbocycles. The standard InChI is InChI=1S/C24H8BF12.Tl/c26-13-1-9(2-14(27)21(13)34)25(10-3-15(28)22(35)16(29)4-10,11-5-17(30)23(36)18(31)6-11)12-7-19(32)24(37)20(33)8-12;/h1-8H;/q-1;+1. The SMILES string of the molecule is Fc1cc([B-](c2cc(F)c(F)c(F)c2)(c2cc(F)c(F)c(F)c2)c2cc(F)c(F)c(F)c2)cc(F)c1F.[Tl+]. The van der Waals surface area contributed by atoms with Crippen LogP contribution in [0.3, 0.4) is 0 Å². The zero-order valence-electron chi connectivity index (χ0n) is 18.3.